The van der Waals surface area contributed by atoms with Crippen LogP contribution in [0.1, 0.15) is 15.9 Å². The molecule has 1 aliphatic heterocycles. The van der Waals surface area contributed by atoms with E-state index >= 15 is 0 Å². The SMILES string of the molecule is Cc1cc(C(=O)O)ccc1NCCN1CCNCC1. The largest absolute Gasteiger partial charge is 0.478 e. The van der Waals surface area contributed by atoms with Gasteiger partial charge in [0.05, 0.1) is 5.56 Å². The molecule has 19 heavy (non-hydrogen) atoms. The van der Waals surface area contributed by atoms with Crippen molar-refractivity contribution in [1.29, 1.82) is 0 Å². The summed E-state index contributed by atoms with van der Waals surface area (Å²) in [6.07, 6.45) is 0. The molecule has 104 valence electrons. The normalized spacial score (nSPS) is 16.3. The average Bonchev–Trinajstić information content (AvgIpc) is 2.41. The van der Waals surface area contributed by atoms with Crippen LogP contribution < -0.4 is 10.6 Å². The number of carboxylic acids is 1. The van der Waals surface area contributed by atoms with E-state index < -0.39 is 5.97 Å². The molecule has 1 aromatic rings. The standard InChI is InChI=1S/C14H21N3O2/c1-11-10-12(14(18)19)2-3-13(11)16-6-9-17-7-4-15-5-8-17/h2-3,10,15-16H,4-9H2,1H3,(H,18,19). The van der Waals surface area contributed by atoms with Crippen molar-refractivity contribution in [3.8, 4) is 0 Å². The molecular formula is C14H21N3O2. The molecule has 0 unspecified atom stereocenters. The topological polar surface area (TPSA) is 64.6 Å². The summed E-state index contributed by atoms with van der Waals surface area (Å²) in [4.78, 5) is 13.3. The number of carboxylic acid groups (broad SMARTS) is 1. The minimum atomic E-state index is -0.879. The van der Waals surface area contributed by atoms with E-state index in [-0.39, 0.29) is 0 Å². The summed E-state index contributed by atoms with van der Waals surface area (Å²) in [5.74, 6) is -0.879. The molecule has 1 aromatic carbocycles. The van der Waals surface area contributed by atoms with Crippen molar-refractivity contribution in [1.82, 2.24) is 10.2 Å². The molecule has 5 heteroatoms. The highest BCUT2D eigenvalue weighted by atomic mass is 16.4. The first kappa shape index (κ1) is 13.8. The van der Waals surface area contributed by atoms with Gasteiger partial charge >= 0.3 is 5.97 Å². The Morgan fingerprint density at radius 2 is 2.16 bits per heavy atom. The monoisotopic (exact) mass is 263 g/mol. The number of aryl methyl sites for hydroxylation is 1. The molecule has 3 N–H and O–H groups in total. The van der Waals surface area contributed by atoms with Crippen molar-refractivity contribution in [2.75, 3.05) is 44.6 Å². The molecule has 5 nitrogen and oxygen atoms in total. The molecule has 0 atom stereocenters. The summed E-state index contributed by atoms with van der Waals surface area (Å²) in [6.45, 7) is 8.14. The molecule has 1 aliphatic rings. The Labute approximate surface area is 113 Å². The Morgan fingerprint density at radius 3 is 2.79 bits per heavy atom. The second-order valence-corrected chi connectivity index (χ2v) is 4.85. The molecular weight excluding hydrogens is 242 g/mol. The van der Waals surface area contributed by atoms with Gasteiger partial charge in [-0.15, -0.1) is 0 Å². The summed E-state index contributed by atoms with van der Waals surface area (Å²) in [5.41, 5.74) is 2.32. The number of nitrogens with one attached hydrogen (secondary N) is 2. The van der Waals surface area contributed by atoms with E-state index in [9.17, 15) is 4.79 Å². The lowest BCUT2D eigenvalue weighted by Gasteiger charge is -2.27. The van der Waals surface area contributed by atoms with Crippen LogP contribution in [0.4, 0.5) is 5.69 Å². The van der Waals surface area contributed by atoms with Crippen LogP contribution in [-0.4, -0.2) is 55.2 Å². The van der Waals surface area contributed by atoms with Crippen LogP contribution in [0, 0.1) is 6.92 Å². The van der Waals surface area contributed by atoms with Gasteiger partial charge in [-0.25, -0.2) is 4.79 Å². The van der Waals surface area contributed by atoms with Gasteiger partial charge < -0.3 is 15.7 Å². The predicted octanol–water partition coefficient (Wildman–Crippen LogP) is 1.01. The fourth-order valence-electron chi connectivity index (χ4n) is 2.28. The van der Waals surface area contributed by atoms with Crippen LogP contribution in [-0.2, 0) is 0 Å². The van der Waals surface area contributed by atoms with E-state index in [1.165, 1.54) is 0 Å². The first-order valence-electron chi connectivity index (χ1n) is 6.68. The summed E-state index contributed by atoms with van der Waals surface area (Å²) in [5, 5.41) is 15.6. The lowest BCUT2D eigenvalue weighted by atomic mass is 10.1. The number of rotatable bonds is 5. The van der Waals surface area contributed by atoms with Crippen LogP contribution in [0.15, 0.2) is 18.2 Å². The van der Waals surface area contributed by atoms with Gasteiger partial charge in [0.15, 0.2) is 0 Å². The number of nitrogens with zero attached hydrogens (tertiary/aromatic N) is 1. The molecule has 2 rings (SSSR count). The third-order valence-corrected chi connectivity index (χ3v) is 3.43. The first-order chi connectivity index (χ1) is 9.16. The molecule has 1 saturated heterocycles. The molecule has 0 radical (unpaired) electrons. The van der Waals surface area contributed by atoms with E-state index in [1.807, 2.05) is 13.0 Å². The van der Waals surface area contributed by atoms with Crippen molar-refractivity contribution in [2.24, 2.45) is 0 Å². The second-order valence-electron chi connectivity index (χ2n) is 4.85. The van der Waals surface area contributed by atoms with Crippen LogP contribution >= 0.6 is 0 Å². The highest BCUT2D eigenvalue weighted by Crippen LogP contribution is 2.16. The fraction of sp³-hybridized carbons (Fsp3) is 0.500. The van der Waals surface area contributed by atoms with Crippen molar-refractivity contribution < 1.29 is 9.90 Å². The Hall–Kier alpha value is -1.59. The van der Waals surface area contributed by atoms with Crippen LogP contribution in [0.25, 0.3) is 0 Å². The summed E-state index contributed by atoms with van der Waals surface area (Å²) in [7, 11) is 0. The molecule has 0 aromatic heterocycles. The van der Waals surface area contributed by atoms with Crippen molar-refractivity contribution in [3.63, 3.8) is 0 Å². The van der Waals surface area contributed by atoms with Crippen molar-refractivity contribution >= 4 is 11.7 Å². The second kappa shape index (κ2) is 6.54. The van der Waals surface area contributed by atoms with Gasteiger partial charge in [0.2, 0.25) is 0 Å². The van der Waals surface area contributed by atoms with Gasteiger partial charge in [-0.2, -0.15) is 0 Å². The van der Waals surface area contributed by atoms with E-state index in [0.717, 1.165) is 50.5 Å². The van der Waals surface area contributed by atoms with Crippen LogP contribution in [0.3, 0.4) is 0 Å². The van der Waals surface area contributed by atoms with Gasteiger partial charge in [0.1, 0.15) is 0 Å². The van der Waals surface area contributed by atoms with Crippen LogP contribution in [0.5, 0.6) is 0 Å². The van der Waals surface area contributed by atoms with Gasteiger partial charge in [0.25, 0.3) is 0 Å². The lowest BCUT2D eigenvalue weighted by molar-refractivity contribution is 0.0697. The number of carbonyl (C=O) groups is 1. The number of hydrogen-bond acceptors (Lipinski definition) is 4. The number of anilines is 1. The number of aromatic carboxylic acids is 1. The van der Waals surface area contributed by atoms with E-state index in [2.05, 4.69) is 15.5 Å². The summed E-state index contributed by atoms with van der Waals surface area (Å²) < 4.78 is 0. The average molecular weight is 263 g/mol. The number of benzene rings is 1. The molecule has 1 heterocycles. The zero-order chi connectivity index (χ0) is 13.7. The zero-order valence-corrected chi connectivity index (χ0v) is 11.3. The molecule has 0 amide bonds. The quantitative estimate of drug-likeness (QED) is 0.740. The minimum Gasteiger partial charge on any atom is -0.478 e. The van der Waals surface area contributed by atoms with E-state index in [0.29, 0.717) is 5.56 Å². The van der Waals surface area contributed by atoms with Gasteiger partial charge in [-0.1, -0.05) is 0 Å². The highest BCUT2D eigenvalue weighted by Gasteiger charge is 2.09. The minimum absolute atomic E-state index is 0.338. The predicted molar refractivity (Wildman–Crippen MR) is 75.9 cm³/mol. The lowest BCUT2D eigenvalue weighted by Crippen LogP contribution is -2.45. The number of piperazine rings is 1. The fourth-order valence-corrected chi connectivity index (χ4v) is 2.28. The van der Waals surface area contributed by atoms with Crippen LogP contribution in [0.2, 0.25) is 0 Å². The molecule has 1 fully saturated rings. The Morgan fingerprint density at radius 1 is 1.42 bits per heavy atom. The number of hydrogen-bond donors (Lipinski definition) is 3. The van der Waals surface area contributed by atoms with Gasteiger partial charge in [0, 0.05) is 45.0 Å². The third kappa shape index (κ3) is 3.94. The summed E-state index contributed by atoms with van der Waals surface area (Å²) in [6, 6.07) is 5.19. The Kier molecular flexibility index (Phi) is 4.76. The van der Waals surface area contributed by atoms with Gasteiger partial charge in [-0.05, 0) is 30.7 Å². The third-order valence-electron chi connectivity index (χ3n) is 3.43. The van der Waals surface area contributed by atoms with E-state index in [1.54, 1.807) is 12.1 Å². The van der Waals surface area contributed by atoms with Gasteiger partial charge in [-0.3, -0.25) is 4.90 Å². The Bertz CT molecular complexity index is 442. The maximum atomic E-state index is 10.9. The van der Waals surface area contributed by atoms with Crippen molar-refractivity contribution in [3.05, 3.63) is 29.3 Å². The van der Waals surface area contributed by atoms with E-state index in [4.69, 9.17) is 5.11 Å². The highest BCUT2D eigenvalue weighted by molar-refractivity contribution is 5.88. The van der Waals surface area contributed by atoms with Crippen molar-refractivity contribution in [2.45, 2.75) is 6.92 Å². The molecule has 0 bridgehead atoms. The zero-order valence-electron chi connectivity index (χ0n) is 11.3. The molecule has 0 spiro atoms. The summed E-state index contributed by atoms with van der Waals surface area (Å²) >= 11 is 0. The molecule has 0 aliphatic carbocycles. The first-order valence-corrected chi connectivity index (χ1v) is 6.68. The Balaban J connectivity index is 1.83. The maximum absolute atomic E-state index is 10.9. The maximum Gasteiger partial charge on any atom is 0.335 e. The smallest absolute Gasteiger partial charge is 0.335 e. The molecule has 0 saturated carbocycles.